The highest BCUT2D eigenvalue weighted by Gasteiger charge is 2.32. The Balaban J connectivity index is 3.23. The summed E-state index contributed by atoms with van der Waals surface area (Å²) in [4.78, 5) is 3.44. The predicted molar refractivity (Wildman–Crippen MR) is 51.6 cm³/mol. The maximum atomic E-state index is 12.7. The summed E-state index contributed by atoms with van der Waals surface area (Å²) in [5.74, 6) is -0.932. The number of hydrogen-bond donors (Lipinski definition) is 0. The Hall–Kier alpha value is -2.04. The van der Waals surface area contributed by atoms with Gasteiger partial charge in [-0.3, -0.25) is 0 Å². The lowest BCUT2D eigenvalue weighted by molar-refractivity contribution is -0.276. The van der Waals surface area contributed by atoms with Crippen molar-refractivity contribution in [2.45, 2.75) is 19.5 Å². The molecular weight excluding hydrogens is 256 g/mol. The smallest absolute Gasteiger partial charge is 0.496 e. The summed E-state index contributed by atoms with van der Waals surface area (Å²) >= 11 is 0. The molecule has 0 aliphatic carbocycles. The molecule has 4 nitrogen and oxygen atoms in total. The molecule has 0 atom stereocenters. The normalized spacial score (nSPS) is 10.9. The van der Waals surface area contributed by atoms with E-state index in [1.807, 2.05) is 0 Å². The minimum atomic E-state index is -4.92. The van der Waals surface area contributed by atoms with Crippen molar-refractivity contribution >= 4 is 0 Å². The van der Waals surface area contributed by atoms with Gasteiger partial charge in [0, 0.05) is 11.6 Å². The lowest BCUT2D eigenvalue weighted by Crippen LogP contribution is -2.18. The Bertz CT molecular complexity index is 468. The molecule has 0 amide bonds. The molecule has 0 fully saturated rings. The van der Waals surface area contributed by atoms with Gasteiger partial charge >= 0.3 is 6.36 Å². The Morgan fingerprint density at radius 2 is 2.11 bits per heavy atom. The van der Waals surface area contributed by atoms with Gasteiger partial charge in [0.25, 0.3) is 0 Å². The lowest BCUT2D eigenvalue weighted by atomic mass is 10.1. The first-order chi connectivity index (χ1) is 8.41. The van der Waals surface area contributed by atoms with Crippen LogP contribution in [0.2, 0.25) is 0 Å². The van der Waals surface area contributed by atoms with Gasteiger partial charge in [-0.05, 0) is 0 Å². The molecule has 0 bridgehead atoms. The molecule has 1 rings (SSSR count). The number of hydrogen-bond acceptors (Lipinski definition) is 4. The molecule has 0 radical (unpaired) electrons. The second kappa shape index (κ2) is 5.53. The van der Waals surface area contributed by atoms with Crippen molar-refractivity contribution in [2.75, 3.05) is 7.11 Å². The molecule has 0 aromatic carbocycles. The van der Waals surface area contributed by atoms with E-state index < -0.39 is 18.9 Å². The Kier molecular flexibility index (Phi) is 4.31. The first kappa shape index (κ1) is 14.0. The van der Waals surface area contributed by atoms with Crippen molar-refractivity contribution in [2.24, 2.45) is 0 Å². The van der Waals surface area contributed by atoms with E-state index in [-0.39, 0.29) is 23.4 Å². The SMILES string of the molecule is COc1cc(OC(F)(F)F)nc(CC#N)c1CF. The number of nitrogens with zero attached hydrogens (tertiary/aromatic N) is 2. The second-order valence-electron chi connectivity index (χ2n) is 3.10. The van der Waals surface area contributed by atoms with Gasteiger partial charge in [0.2, 0.25) is 5.88 Å². The van der Waals surface area contributed by atoms with E-state index in [1.54, 1.807) is 6.07 Å². The highest BCUT2D eigenvalue weighted by Crippen LogP contribution is 2.30. The van der Waals surface area contributed by atoms with Crippen LogP contribution >= 0.6 is 0 Å². The molecule has 1 aromatic heterocycles. The summed E-state index contributed by atoms with van der Waals surface area (Å²) in [7, 11) is 1.17. The molecule has 0 N–H and O–H groups in total. The van der Waals surface area contributed by atoms with E-state index in [0.717, 1.165) is 6.07 Å². The number of rotatable bonds is 4. The Morgan fingerprint density at radius 3 is 2.56 bits per heavy atom. The zero-order valence-electron chi connectivity index (χ0n) is 9.21. The van der Waals surface area contributed by atoms with Crippen LogP contribution in [-0.4, -0.2) is 18.5 Å². The monoisotopic (exact) mass is 264 g/mol. The number of aromatic nitrogens is 1. The number of methoxy groups -OCH3 is 1. The average Bonchev–Trinajstić information content (AvgIpc) is 2.26. The maximum Gasteiger partial charge on any atom is 0.574 e. The molecule has 98 valence electrons. The van der Waals surface area contributed by atoms with Gasteiger partial charge in [0.15, 0.2) is 0 Å². The van der Waals surface area contributed by atoms with E-state index in [2.05, 4.69) is 9.72 Å². The van der Waals surface area contributed by atoms with Crippen LogP contribution in [0, 0.1) is 11.3 Å². The lowest BCUT2D eigenvalue weighted by Gasteiger charge is -2.13. The molecule has 18 heavy (non-hydrogen) atoms. The van der Waals surface area contributed by atoms with Gasteiger partial charge in [-0.1, -0.05) is 0 Å². The third-order valence-electron chi connectivity index (χ3n) is 1.97. The summed E-state index contributed by atoms with van der Waals surface area (Å²) in [6, 6.07) is 2.50. The van der Waals surface area contributed by atoms with Gasteiger partial charge in [0.05, 0.1) is 25.3 Å². The third kappa shape index (κ3) is 3.48. The molecule has 0 unspecified atom stereocenters. The molecule has 0 aliphatic heterocycles. The van der Waals surface area contributed by atoms with Crippen LogP contribution in [0.5, 0.6) is 11.6 Å². The molecule has 0 saturated carbocycles. The molecule has 1 heterocycles. The zero-order valence-corrected chi connectivity index (χ0v) is 9.21. The number of halogens is 4. The highest BCUT2D eigenvalue weighted by molar-refractivity contribution is 5.41. The number of nitriles is 1. The largest absolute Gasteiger partial charge is 0.574 e. The van der Waals surface area contributed by atoms with Crippen LogP contribution in [0.1, 0.15) is 11.3 Å². The van der Waals surface area contributed by atoms with Crippen molar-refractivity contribution in [1.82, 2.24) is 4.98 Å². The van der Waals surface area contributed by atoms with Crippen LogP contribution in [0.3, 0.4) is 0 Å². The molecular formula is C10H8F4N2O2. The molecule has 0 aliphatic rings. The summed E-state index contributed by atoms with van der Waals surface area (Å²) in [6.45, 7) is -1.00. The highest BCUT2D eigenvalue weighted by atomic mass is 19.4. The fourth-order valence-corrected chi connectivity index (χ4v) is 1.29. The first-order valence-corrected chi connectivity index (χ1v) is 4.66. The van der Waals surface area contributed by atoms with Crippen LogP contribution in [0.15, 0.2) is 6.07 Å². The van der Waals surface area contributed by atoms with Crippen molar-refractivity contribution in [3.63, 3.8) is 0 Å². The van der Waals surface area contributed by atoms with Crippen molar-refractivity contribution in [1.29, 1.82) is 5.26 Å². The van der Waals surface area contributed by atoms with E-state index in [0.29, 0.717) is 0 Å². The number of ether oxygens (including phenoxy) is 2. The van der Waals surface area contributed by atoms with Crippen molar-refractivity contribution < 1.29 is 27.0 Å². The molecule has 0 spiro atoms. The van der Waals surface area contributed by atoms with Gasteiger partial charge in [-0.25, -0.2) is 9.37 Å². The predicted octanol–water partition coefficient (Wildman–Crippen LogP) is 2.52. The quantitative estimate of drug-likeness (QED) is 0.784. The second-order valence-corrected chi connectivity index (χ2v) is 3.10. The number of alkyl halides is 4. The van der Waals surface area contributed by atoms with Crippen LogP contribution in [0.25, 0.3) is 0 Å². The summed E-state index contributed by atoms with van der Waals surface area (Å²) in [6.07, 6.45) is -5.26. The van der Waals surface area contributed by atoms with E-state index in [9.17, 15) is 17.6 Å². The van der Waals surface area contributed by atoms with Crippen molar-refractivity contribution in [3.8, 4) is 17.7 Å². The average molecular weight is 264 g/mol. The first-order valence-electron chi connectivity index (χ1n) is 4.66. The Labute approximate surface area is 99.8 Å². The van der Waals surface area contributed by atoms with E-state index in [1.165, 1.54) is 7.11 Å². The fraction of sp³-hybridized carbons (Fsp3) is 0.400. The van der Waals surface area contributed by atoms with Gasteiger partial charge in [-0.2, -0.15) is 5.26 Å². The van der Waals surface area contributed by atoms with E-state index in [4.69, 9.17) is 10.00 Å². The van der Waals surface area contributed by atoms with Gasteiger partial charge in [0.1, 0.15) is 12.4 Å². The van der Waals surface area contributed by atoms with Crippen molar-refractivity contribution in [3.05, 3.63) is 17.3 Å². The van der Waals surface area contributed by atoms with Crippen LogP contribution in [0.4, 0.5) is 17.6 Å². The minimum Gasteiger partial charge on any atom is -0.496 e. The molecule has 8 heteroatoms. The summed E-state index contributed by atoms with van der Waals surface area (Å²) in [5.41, 5.74) is -0.202. The van der Waals surface area contributed by atoms with E-state index >= 15 is 0 Å². The summed E-state index contributed by atoms with van der Waals surface area (Å²) in [5, 5.41) is 8.51. The van der Waals surface area contributed by atoms with Gasteiger partial charge in [-0.15, -0.1) is 13.2 Å². The summed E-state index contributed by atoms with van der Waals surface area (Å²) < 4.78 is 57.2. The van der Waals surface area contributed by atoms with Gasteiger partial charge < -0.3 is 9.47 Å². The van der Waals surface area contributed by atoms with Crippen LogP contribution in [-0.2, 0) is 13.1 Å². The molecule has 0 saturated heterocycles. The fourth-order valence-electron chi connectivity index (χ4n) is 1.29. The Morgan fingerprint density at radius 1 is 1.44 bits per heavy atom. The minimum absolute atomic E-state index is 0.0615. The maximum absolute atomic E-state index is 12.7. The number of pyridine rings is 1. The molecule has 1 aromatic rings. The van der Waals surface area contributed by atoms with Crippen LogP contribution < -0.4 is 9.47 Å². The standard InChI is InChI=1S/C10H8F4N2O2/c1-17-8-4-9(18-10(12,13)14)16-7(2-3-15)6(8)5-11/h4H,2,5H2,1H3. The third-order valence-corrected chi connectivity index (χ3v) is 1.97. The zero-order chi connectivity index (χ0) is 13.8. The topological polar surface area (TPSA) is 55.1 Å².